The van der Waals surface area contributed by atoms with E-state index in [1.54, 1.807) is 39.4 Å². The van der Waals surface area contributed by atoms with E-state index < -0.39 is 64.9 Å². The molecule has 4 heterocycles. The van der Waals surface area contributed by atoms with Crippen molar-refractivity contribution in [3.8, 4) is 23.0 Å². The molecular formula is C49H68N4O12. The first-order valence-electron chi connectivity index (χ1n) is 22.7. The first-order chi connectivity index (χ1) is 30.9. The van der Waals surface area contributed by atoms with Gasteiger partial charge >= 0.3 is 11.8 Å². The molecule has 1 saturated carbocycles. The number of carbonyl (C=O) groups is 3. The summed E-state index contributed by atoms with van der Waals surface area (Å²) in [5.41, 5.74) is -0.0992. The Labute approximate surface area is 382 Å². The smallest absolute Gasteiger partial charge is 0.312 e. The monoisotopic (exact) mass is 904 g/mol. The molecule has 2 aromatic carbocycles. The lowest BCUT2D eigenvalue weighted by Crippen LogP contribution is -2.47. The maximum Gasteiger partial charge on any atom is 0.312 e. The number of anilines is 1. The van der Waals surface area contributed by atoms with Crippen LogP contribution in [0, 0.1) is 30.6 Å². The Morgan fingerprint density at radius 2 is 1.51 bits per heavy atom. The number of nitrogens with one attached hydrogen (secondary N) is 1. The van der Waals surface area contributed by atoms with Gasteiger partial charge in [0.2, 0.25) is 0 Å². The first kappa shape index (κ1) is 49.3. The number of allylic oxidation sites excluding steroid dienone is 2. The number of ether oxygens (including phenoxy) is 6. The molecule has 5 bridgehead atoms. The Morgan fingerprint density at radius 1 is 0.862 bits per heavy atom. The summed E-state index contributed by atoms with van der Waals surface area (Å²) in [5.74, 6) is -6.72. The van der Waals surface area contributed by atoms with Gasteiger partial charge in [0, 0.05) is 108 Å². The van der Waals surface area contributed by atoms with Crippen LogP contribution >= 0.6 is 0 Å². The molecule has 4 N–H and O–H groups in total. The number of ketones is 1. The summed E-state index contributed by atoms with van der Waals surface area (Å²) in [6, 6.07) is 0.564. The molecule has 0 spiro atoms. The van der Waals surface area contributed by atoms with Crippen LogP contribution in [0.1, 0.15) is 95.6 Å². The molecule has 2 fully saturated rings. The van der Waals surface area contributed by atoms with Crippen molar-refractivity contribution in [1.29, 1.82) is 0 Å². The molecular weight excluding hydrogens is 837 g/mol. The normalized spacial score (nSPS) is 31.7. The van der Waals surface area contributed by atoms with Crippen molar-refractivity contribution in [3.63, 3.8) is 0 Å². The standard InChI is InChI=1S/C49H68N4O12/c1-26-15-14-16-27(2)48(59)51-39-34(25-50-53-22-20-52(21-23-53)33-17-12-13-18-33)41(56)36-37(42(39)57)40(55)29(4)46-38(36)47(58)49(8,65-46)63-24-19-35(60-9)28(3)45(64-32(7)54)31(6)44(62-11)30(5)43(26)61-10/h14-16,19,24-26,28,30-31,33,35,43-45,55-57H,12-13,17-18,20-23H2,1-11H3,(H,51,59)/b15-14+,24-19+,27-16-,50-25+/t26-,28+,30+,31+,35-,43-,44+,45+,49-/m0/s1. The van der Waals surface area contributed by atoms with Crippen LogP contribution in [0.4, 0.5) is 5.69 Å². The van der Waals surface area contributed by atoms with E-state index in [9.17, 15) is 29.7 Å². The molecule has 65 heavy (non-hydrogen) atoms. The highest BCUT2D eigenvalue weighted by Crippen LogP contribution is 2.55. The fourth-order valence-corrected chi connectivity index (χ4v) is 10.3. The van der Waals surface area contributed by atoms with Gasteiger partial charge in [-0.3, -0.25) is 24.3 Å². The number of hydrogen-bond acceptors (Lipinski definition) is 15. The third-order valence-corrected chi connectivity index (χ3v) is 14.0. The number of hydrazone groups is 1. The van der Waals surface area contributed by atoms with Gasteiger partial charge in [0.15, 0.2) is 5.75 Å². The van der Waals surface area contributed by atoms with Crippen LogP contribution < -0.4 is 10.1 Å². The number of phenols is 3. The number of nitrogens with zero attached hydrogens (tertiary/aromatic N) is 3. The molecule has 5 aliphatic rings. The average molecular weight is 905 g/mol. The van der Waals surface area contributed by atoms with E-state index in [1.165, 1.54) is 66.0 Å². The number of fused-ring (bicyclic) bond motifs is 14. The molecule has 0 aromatic heterocycles. The van der Waals surface area contributed by atoms with Crippen molar-refractivity contribution >= 4 is 40.3 Å². The number of phenolic OH excluding ortho intramolecular Hbond substituents is 3. The minimum atomic E-state index is -2.01. The number of aromatic hydroxyl groups is 3. The van der Waals surface area contributed by atoms with Crippen LogP contribution in [0.5, 0.6) is 23.0 Å². The number of esters is 1. The second kappa shape index (κ2) is 20.6. The van der Waals surface area contributed by atoms with Gasteiger partial charge in [0.05, 0.1) is 53.0 Å². The molecule has 0 unspecified atom stereocenters. The number of carbonyl (C=O) groups excluding carboxylic acids is 3. The maximum atomic E-state index is 14.6. The highest BCUT2D eigenvalue weighted by atomic mass is 16.7. The number of methoxy groups -OCH3 is 3. The quantitative estimate of drug-likeness (QED) is 0.0963. The molecule has 1 saturated heterocycles. The van der Waals surface area contributed by atoms with Crippen molar-refractivity contribution in [2.24, 2.45) is 28.8 Å². The van der Waals surface area contributed by atoms with Crippen LogP contribution in [-0.2, 0) is 33.3 Å². The Bertz CT molecular complexity index is 2230. The van der Waals surface area contributed by atoms with Crippen LogP contribution in [0.25, 0.3) is 10.8 Å². The van der Waals surface area contributed by atoms with E-state index in [1.807, 2.05) is 38.8 Å². The van der Waals surface area contributed by atoms with E-state index in [0.717, 1.165) is 13.1 Å². The number of hydrogen-bond donors (Lipinski definition) is 4. The molecule has 9 atom stereocenters. The molecule has 1 amide bonds. The van der Waals surface area contributed by atoms with E-state index in [4.69, 9.17) is 33.5 Å². The topological polar surface area (TPSA) is 198 Å². The molecule has 7 rings (SSSR count). The number of amides is 1. The van der Waals surface area contributed by atoms with E-state index in [2.05, 4.69) is 10.2 Å². The number of benzene rings is 2. The predicted molar refractivity (Wildman–Crippen MR) is 246 cm³/mol. The van der Waals surface area contributed by atoms with E-state index in [0.29, 0.717) is 19.1 Å². The van der Waals surface area contributed by atoms with Crippen molar-refractivity contribution < 1.29 is 58.1 Å². The van der Waals surface area contributed by atoms with Gasteiger partial charge in [0.25, 0.3) is 11.7 Å². The Kier molecular flexibility index (Phi) is 15.6. The maximum absolute atomic E-state index is 14.6. The van der Waals surface area contributed by atoms with Crippen molar-refractivity contribution in [1.82, 2.24) is 9.91 Å². The van der Waals surface area contributed by atoms with Crippen LogP contribution in [0.15, 0.2) is 41.2 Å². The average Bonchev–Trinajstić information content (AvgIpc) is 3.91. The number of piperazine rings is 1. The zero-order valence-corrected chi connectivity index (χ0v) is 39.7. The summed E-state index contributed by atoms with van der Waals surface area (Å²) in [7, 11) is 4.73. The molecule has 4 aliphatic heterocycles. The summed E-state index contributed by atoms with van der Waals surface area (Å²) in [4.78, 5) is 43.7. The summed E-state index contributed by atoms with van der Waals surface area (Å²) in [6.45, 7) is 16.5. The molecule has 0 radical (unpaired) electrons. The van der Waals surface area contributed by atoms with E-state index >= 15 is 0 Å². The molecule has 2 aromatic rings. The van der Waals surface area contributed by atoms with Gasteiger partial charge < -0.3 is 49.1 Å². The number of Topliss-reactive ketones (excluding diaryl/α,β-unsaturated/α-hetero) is 1. The van der Waals surface area contributed by atoms with Gasteiger partial charge in [-0.25, -0.2) is 0 Å². The van der Waals surface area contributed by atoms with Crippen LogP contribution in [-0.4, -0.2) is 133 Å². The van der Waals surface area contributed by atoms with Crippen LogP contribution in [0.2, 0.25) is 0 Å². The summed E-state index contributed by atoms with van der Waals surface area (Å²) in [5, 5.41) is 45.0. The molecule has 16 nitrogen and oxygen atoms in total. The van der Waals surface area contributed by atoms with Gasteiger partial charge in [-0.15, -0.1) is 0 Å². The minimum absolute atomic E-state index is 0.0619. The SMILES string of the molecule is CO[C@H]1[C@@H](C)[C@H](OC(C)=O)[C@H](C)[C@@H](OC)/C=C/O[C@@]2(C)Oc3c(C)c(O)c4c(O)c(c(/C=N/N5CCN(C6CCCC6)CC5)c(O)c4c3C2=O)NC(=O)/C(C)=C\C=C\[C@H](C)[C@H](OC)[C@H]1C. The third kappa shape index (κ3) is 9.86. The van der Waals surface area contributed by atoms with E-state index in [-0.39, 0.29) is 68.3 Å². The third-order valence-electron chi connectivity index (χ3n) is 14.0. The van der Waals surface area contributed by atoms with Crippen molar-refractivity contribution in [3.05, 3.63) is 52.8 Å². The Hall–Kier alpha value is -5.16. The van der Waals surface area contributed by atoms with Crippen molar-refractivity contribution in [2.45, 2.75) is 117 Å². The van der Waals surface area contributed by atoms with Crippen molar-refractivity contribution in [2.75, 3.05) is 52.8 Å². The highest BCUT2D eigenvalue weighted by molar-refractivity contribution is 6.23. The lowest BCUT2D eigenvalue weighted by atomic mass is 9.78. The Morgan fingerprint density at radius 3 is 2.12 bits per heavy atom. The molecule has 356 valence electrons. The summed E-state index contributed by atoms with van der Waals surface area (Å²) in [6.07, 6.45) is 12.1. The van der Waals surface area contributed by atoms with Gasteiger partial charge in [-0.2, -0.15) is 5.10 Å². The van der Waals surface area contributed by atoms with Gasteiger partial charge in [-0.05, 0) is 32.8 Å². The highest BCUT2D eigenvalue weighted by Gasteiger charge is 2.50. The zero-order chi connectivity index (χ0) is 47.5. The number of rotatable bonds is 7. The van der Waals surface area contributed by atoms with Gasteiger partial charge in [0.1, 0.15) is 23.4 Å². The van der Waals surface area contributed by atoms with Gasteiger partial charge in [-0.1, -0.05) is 58.8 Å². The predicted octanol–water partition coefficient (Wildman–Crippen LogP) is 6.96. The first-order valence-corrected chi connectivity index (χ1v) is 22.7. The largest absolute Gasteiger partial charge is 0.507 e. The fraction of sp³-hybridized carbons (Fsp3) is 0.592. The molecule has 16 heteroatoms. The van der Waals surface area contributed by atoms with Crippen LogP contribution in [0.3, 0.4) is 0 Å². The fourth-order valence-electron chi connectivity index (χ4n) is 10.3. The summed E-state index contributed by atoms with van der Waals surface area (Å²) >= 11 is 0. The Balaban J connectivity index is 1.49. The zero-order valence-electron chi connectivity index (χ0n) is 39.7. The summed E-state index contributed by atoms with van der Waals surface area (Å²) < 4.78 is 36.3. The second-order valence-electron chi connectivity index (χ2n) is 18.2. The minimum Gasteiger partial charge on any atom is -0.507 e. The second-order valence-corrected chi connectivity index (χ2v) is 18.2. The molecule has 1 aliphatic carbocycles. The lowest BCUT2D eigenvalue weighted by molar-refractivity contribution is -0.163. The lowest BCUT2D eigenvalue weighted by Gasteiger charge is -2.40.